The Kier molecular flexibility index (Phi) is 6.20. The largest absolute Gasteiger partial charge is 0.484 e. The van der Waals surface area contributed by atoms with Gasteiger partial charge in [-0.05, 0) is 55.7 Å². The minimum Gasteiger partial charge on any atom is -0.484 e. The van der Waals surface area contributed by atoms with Gasteiger partial charge in [0.1, 0.15) is 11.3 Å². The SMILES string of the molecule is CC(=O)Nc1ccc(OCC(=O)N2CCC[C@H](c3cc4cccnc4c(=O)[nH]3)C2)cc1C. The number of anilines is 1. The van der Waals surface area contributed by atoms with Crippen molar-refractivity contribution in [3.8, 4) is 5.75 Å². The minimum absolute atomic E-state index is 0.0594. The molecule has 1 aliphatic rings. The molecule has 0 aliphatic carbocycles. The van der Waals surface area contributed by atoms with E-state index < -0.39 is 0 Å². The van der Waals surface area contributed by atoms with E-state index in [-0.39, 0.29) is 29.9 Å². The maximum absolute atomic E-state index is 12.8. The minimum atomic E-state index is -0.206. The zero-order valence-corrected chi connectivity index (χ0v) is 18.2. The predicted octanol–water partition coefficient (Wildman–Crippen LogP) is 2.97. The molecule has 166 valence electrons. The molecule has 3 aromatic rings. The van der Waals surface area contributed by atoms with Crippen LogP contribution < -0.4 is 15.6 Å². The van der Waals surface area contributed by atoms with Crippen LogP contribution in [0.25, 0.3) is 10.9 Å². The third-order valence-electron chi connectivity index (χ3n) is 5.71. The molecule has 1 aromatic carbocycles. The Bertz CT molecular complexity index is 1220. The number of carbonyl (C=O) groups excluding carboxylic acids is 2. The van der Waals surface area contributed by atoms with Gasteiger partial charge in [0.25, 0.3) is 11.5 Å². The number of aromatic nitrogens is 2. The number of piperidine rings is 1. The normalized spacial score (nSPS) is 16.1. The Morgan fingerprint density at radius 1 is 1.28 bits per heavy atom. The lowest BCUT2D eigenvalue weighted by Gasteiger charge is -2.32. The van der Waals surface area contributed by atoms with Crippen molar-refractivity contribution >= 4 is 28.4 Å². The summed E-state index contributed by atoms with van der Waals surface area (Å²) in [6.45, 7) is 4.46. The van der Waals surface area contributed by atoms with Crippen molar-refractivity contribution in [1.82, 2.24) is 14.9 Å². The summed E-state index contributed by atoms with van der Waals surface area (Å²) in [4.78, 5) is 45.3. The fraction of sp³-hybridized carbons (Fsp3) is 0.333. The Morgan fingerprint density at radius 2 is 2.12 bits per heavy atom. The van der Waals surface area contributed by atoms with E-state index in [4.69, 9.17) is 4.74 Å². The summed E-state index contributed by atoms with van der Waals surface area (Å²) >= 11 is 0. The van der Waals surface area contributed by atoms with Gasteiger partial charge in [-0.3, -0.25) is 19.4 Å². The Labute approximate surface area is 185 Å². The Morgan fingerprint density at radius 3 is 2.91 bits per heavy atom. The van der Waals surface area contributed by atoms with Gasteiger partial charge < -0.3 is 19.9 Å². The number of nitrogens with zero attached hydrogens (tertiary/aromatic N) is 2. The quantitative estimate of drug-likeness (QED) is 0.642. The van der Waals surface area contributed by atoms with E-state index in [2.05, 4.69) is 15.3 Å². The van der Waals surface area contributed by atoms with Gasteiger partial charge in [-0.25, -0.2) is 0 Å². The molecular formula is C24H26N4O4. The van der Waals surface area contributed by atoms with Crippen LogP contribution in [0, 0.1) is 6.92 Å². The van der Waals surface area contributed by atoms with Crippen molar-refractivity contribution in [3.63, 3.8) is 0 Å². The molecule has 2 amide bonds. The zero-order chi connectivity index (χ0) is 22.7. The molecule has 2 N–H and O–H groups in total. The molecule has 1 atom stereocenters. The second-order valence-corrected chi connectivity index (χ2v) is 8.12. The van der Waals surface area contributed by atoms with Gasteiger partial charge in [0.15, 0.2) is 6.61 Å². The van der Waals surface area contributed by atoms with Gasteiger partial charge in [0.2, 0.25) is 5.91 Å². The molecule has 0 radical (unpaired) electrons. The first-order valence-electron chi connectivity index (χ1n) is 10.7. The fourth-order valence-electron chi connectivity index (χ4n) is 4.09. The van der Waals surface area contributed by atoms with E-state index in [0.29, 0.717) is 24.4 Å². The first kappa shape index (κ1) is 21.5. The van der Waals surface area contributed by atoms with Crippen molar-refractivity contribution in [2.75, 3.05) is 25.0 Å². The summed E-state index contributed by atoms with van der Waals surface area (Å²) in [7, 11) is 0. The number of rotatable bonds is 5. The molecule has 1 saturated heterocycles. The number of H-pyrrole nitrogens is 1. The number of benzene rings is 1. The van der Waals surface area contributed by atoms with Crippen molar-refractivity contribution in [3.05, 3.63) is 64.2 Å². The molecule has 8 heteroatoms. The number of aryl methyl sites for hydroxylation is 1. The summed E-state index contributed by atoms with van der Waals surface area (Å²) in [5.41, 5.74) is 2.63. The maximum atomic E-state index is 12.8. The first-order valence-corrected chi connectivity index (χ1v) is 10.7. The number of hydrogen-bond donors (Lipinski definition) is 2. The monoisotopic (exact) mass is 434 g/mol. The number of hydrogen-bond acceptors (Lipinski definition) is 5. The highest BCUT2D eigenvalue weighted by Crippen LogP contribution is 2.27. The summed E-state index contributed by atoms with van der Waals surface area (Å²) < 4.78 is 5.71. The molecule has 0 unspecified atom stereocenters. The third-order valence-corrected chi connectivity index (χ3v) is 5.71. The van der Waals surface area contributed by atoms with Crippen LogP contribution in [0.15, 0.2) is 47.4 Å². The van der Waals surface area contributed by atoms with Crippen molar-refractivity contribution < 1.29 is 14.3 Å². The highest BCUT2D eigenvalue weighted by atomic mass is 16.5. The third kappa shape index (κ3) is 4.80. The Hall–Kier alpha value is -3.68. The molecule has 0 saturated carbocycles. The summed E-state index contributed by atoms with van der Waals surface area (Å²) in [6.07, 6.45) is 3.36. The van der Waals surface area contributed by atoms with Crippen molar-refractivity contribution in [2.24, 2.45) is 0 Å². The van der Waals surface area contributed by atoms with Gasteiger partial charge in [-0.2, -0.15) is 0 Å². The smallest absolute Gasteiger partial charge is 0.274 e. The van der Waals surface area contributed by atoms with Crippen LogP contribution in [-0.4, -0.2) is 46.4 Å². The molecule has 3 heterocycles. The second-order valence-electron chi connectivity index (χ2n) is 8.12. The van der Waals surface area contributed by atoms with Crippen LogP contribution in [-0.2, 0) is 9.59 Å². The van der Waals surface area contributed by atoms with Crippen LogP contribution >= 0.6 is 0 Å². The average molecular weight is 434 g/mol. The average Bonchev–Trinajstić information content (AvgIpc) is 2.79. The Balaban J connectivity index is 1.40. The van der Waals surface area contributed by atoms with Gasteiger partial charge in [-0.1, -0.05) is 6.07 Å². The molecule has 2 aromatic heterocycles. The molecular weight excluding hydrogens is 408 g/mol. The van der Waals surface area contributed by atoms with E-state index in [0.717, 1.165) is 35.2 Å². The second kappa shape index (κ2) is 9.21. The summed E-state index contributed by atoms with van der Waals surface area (Å²) in [5, 5.41) is 3.56. The first-order chi connectivity index (χ1) is 15.4. The number of aromatic amines is 1. The molecule has 0 spiro atoms. The molecule has 4 rings (SSSR count). The van der Waals surface area contributed by atoms with E-state index >= 15 is 0 Å². The zero-order valence-electron chi connectivity index (χ0n) is 18.2. The van der Waals surface area contributed by atoms with Crippen molar-refractivity contribution in [2.45, 2.75) is 32.6 Å². The van der Waals surface area contributed by atoms with E-state index in [1.165, 1.54) is 6.92 Å². The number of pyridine rings is 2. The molecule has 0 bridgehead atoms. The van der Waals surface area contributed by atoms with Crippen LogP contribution in [0.4, 0.5) is 5.69 Å². The van der Waals surface area contributed by atoms with Gasteiger partial charge in [0, 0.05) is 48.9 Å². The van der Waals surface area contributed by atoms with E-state index in [9.17, 15) is 14.4 Å². The van der Waals surface area contributed by atoms with Crippen LogP contribution in [0.5, 0.6) is 5.75 Å². The topological polar surface area (TPSA) is 104 Å². The maximum Gasteiger partial charge on any atom is 0.274 e. The lowest BCUT2D eigenvalue weighted by molar-refractivity contribution is -0.134. The highest BCUT2D eigenvalue weighted by molar-refractivity contribution is 5.89. The predicted molar refractivity (Wildman–Crippen MR) is 122 cm³/mol. The summed E-state index contributed by atoms with van der Waals surface area (Å²) in [5.74, 6) is 0.401. The number of carbonyl (C=O) groups is 2. The lowest BCUT2D eigenvalue weighted by atomic mass is 9.93. The molecule has 1 aliphatic heterocycles. The molecule has 8 nitrogen and oxygen atoms in total. The number of fused-ring (bicyclic) bond motifs is 1. The highest BCUT2D eigenvalue weighted by Gasteiger charge is 2.26. The van der Waals surface area contributed by atoms with Gasteiger partial charge in [0.05, 0.1) is 0 Å². The van der Waals surface area contributed by atoms with Crippen LogP contribution in [0.2, 0.25) is 0 Å². The number of amides is 2. The van der Waals surface area contributed by atoms with E-state index in [1.807, 2.05) is 25.1 Å². The van der Waals surface area contributed by atoms with Crippen molar-refractivity contribution in [1.29, 1.82) is 0 Å². The van der Waals surface area contributed by atoms with Crippen LogP contribution in [0.3, 0.4) is 0 Å². The van der Waals surface area contributed by atoms with Gasteiger partial charge in [-0.15, -0.1) is 0 Å². The number of likely N-dealkylation sites (tertiary alicyclic amines) is 1. The standard InChI is InChI=1S/C24H26N4O4/c1-15-11-19(7-8-20(15)26-16(2)29)32-14-22(30)28-10-4-6-18(13-28)21-12-17-5-3-9-25-23(17)24(31)27-21/h3,5,7-9,11-12,18H,4,6,10,13-14H2,1-2H3,(H,26,29)(H,27,31)/t18-/m0/s1. The number of nitrogens with one attached hydrogen (secondary N) is 2. The number of ether oxygens (including phenoxy) is 1. The van der Waals surface area contributed by atoms with Crippen LogP contribution in [0.1, 0.15) is 36.9 Å². The summed E-state index contributed by atoms with van der Waals surface area (Å²) in [6, 6.07) is 10.9. The molecule has 32 heavy (non-hydrogen) atoms. The molecule has 1 fully saturated rings. The lowest BCUT2D eigenvalue weighted by Crippen LogP contribution is -2.42. The van der Waals surface area contributed by atoms with Gasteiger partial charge >= 0.3 is 0 Å². The van der Waals surface area contributed by atoms with E-state index in [1.54, 1.807) is 29.3 Å². The fourth-order valence-corrected chi connectivity index (χ4v) is 4.09.